The third-order valence-corrected chi connectivity index (χ3v) is 6.36. The Hall–Kier alpha value is -3.11. The Morgan fingerprint density at radius 1 is 0.933 bits per heavy atom. The Morgan fingerprint density at radius 2 is 1.70 bits per heavy atom. The second-order valence-corrected chi connectivity index (χ2v) is 8.49. The van der Waals surface area contributed by atoms with Crippen LogP contribution in [0.2, 0.25) is 0 Å². The van der Waals surface area contributed by atoms with Crippen molar-refractivity contribution in [3.63, 3.8) is 0 Å². The van der Waals surface area contributed by atoms with Crippen molar-refractivity contribution in [2.24, 2.45) is 5.92 Å². The fourth-order valence-electron chi connectivity index (χ4n) is 4.73. The predicted octanol–water partition coefficient (Wildman–Crippen LogP) is 4.53. The van der Waals surface area contributed by atoms with Gasteiger partial charge in [-0.1, -0.05) is 72.3 Å². The number of hydrazine groups is 1. The molecule has 2 aliphatic rings. The van der Waals surface area contributed by atoms with Crippen LogP contribution in [0.1, 0.15) is 33.9 Å². The number of hydrogen-bond acceptors (Lipinski definition) is 3. The highest BCUT2D eigenvalue weighted by atomic mass is 16.2. The zero-order valence-electron chi connectivity index (χ0n) is 17.5. The van der Waals surface area contributed by atoms with Crippen molar-refractivity contribution < 1.29 is 4.79 Å². The van der Waals surface area contributed by atoms with Gasteiger partial charge in [0.05, 0.1) is 18.5 Å². The van der Waals surface area contributed by atoms with Crippen molar-refractivity contribution >= 4 is 11.6 Å². The van der Waals surface area contributed by atoms with E-state index < -0.39 is 0 Å². The fourth-order valence-corrected chi connectivity index (χ4v) is 4.73. The molecule has 1 N–H and O–H groups in total. The van der Waals surface area contributed by atoms with Crippen molar-refractivity contribution in [2.75, 3.05) is 11.4 Å². The lowest BCUT2D eigenvalue weighted by Gasteiger charge is -2.36. The van der Waals surface area contributed by atoms with Crippen molar-refractivity contribution in [3.8, 4) is 0 Å². The highest BCUT2D eigenvalue weighted by molar-refractivity contribution is 5.84. The molecule has 4 heteroatoms. The molecule has 2 aliphatic heterocycles. The van der Waals surface area contributed by atoms with Crippen molar-refractivity contribution in [1.82, 2.24) is 10.4 Å². The summed E-state index contributed by atoms with van der Waals surface area (Å²) in [4.78, 5) is 15.7. The molecule has 1 amide bonds. The Kier molecular flexibility index (Phi) is 4.80. The van der Waals surface area contributed by atoms with E-state index in [2.05, 4.69) is 90.9 Å². The minimum atomic E-state index is -0.0753. The molecule has 3 aromatic rings. The number of amides is 1. The smallest absolute Gasteiger partial charge is 0.243 e. The molecule has 0 aliphatic carbocycles. The van der Waals surface area contributed by atoms with Crippen molar-refractivity contribution in [2.45, 2.75) is 33.0 Å². The molecule has 1 fully saturated rings. The molecule has 0 spiro atoms. The molecule has 152 valence electrons. The van der Waals surface area contributed by atoms with Crippen LogP contribution in [-0.2, 0) is 17.9 Å². The predicted molar refractivity (Wildman–Crippen MR) is 120 cm³/mol. The van der Waals surface area contributed by atoms with E-state index in [1.807, 2.05) is 11.1 Å². The molecular formula is C26H27N3O. The second kappa shape index (κ2) is 7.62. The van der Waals surface area contributed by atoms with Gasteiger partial charge in [-0.2, -0.15) is 0 Å². The summed E-state index contributed by atoms with van der Waals surface area (Å²) in [6.07, 6.45) is 0. The number of nitrogens with zero attached hydrogens (tertiary/aromatic N) is 2. The lowest BCUT2D eigenvalue weighted by atomic mass is 9.88. The average molecular weight is 398 g/mol. The summed E-state index contributed by atoms with van der Waals surface area (Å²) in [5, 5.41) is 1.83. The highest BCUT2D eigenvalue weighted by Gasteiger charge is 2.45. The summed E-state index contributed by atoms with van der Waals surface area (Å²) in [6.45, 7) is 6.34. The number of para-hydroxylation sites is 1. The minimum absolute atomic E-state index is 0.0332. The molecule has 0 aromatic heterocycles. The number of anilines is 1. The normalized spacial score (nSPS) is 20.3. The van der Waals surface area contributed by atoms with Gasteiger partial charge in [-0.3, -0.25) is 9.80 Å². The van der Waals surface area contributed by atoms with Gasteiger partial charge in [0.1, 0.15) is 0 Å². The van der Waals surface area contributed by atoms with Gasteiger partial charge in [0.25, 0.3) is 0 Å². The van der Waals surface area contributed by atoms with E-state index in [0.717, 1.165) is 13.1 Å². The van der Waals surface area contributed by atoms with Gasteiger partial charge in [-0.15, -0.1) is 0 Å². The van der Waals surface area contributed by atoms with E-state index >= 15 is 0 Å². The van der Waals surface area contributed by atoms with Crippen LogP contribution >= 0.6 is 0 Å². The molecular weight excluding hydrogens is 370 g/mol. The van der Waals surface area contributed by atoms with E-state index in [0.29, 0.717) is 6.54 Å². The number of rotatable bonds is 4. The van der Waals surface area contributed by atoms with Crippen molar-refractivity contribution in [3.05, 3.63) is 101 Å². The van der Waals surface area contributed by atoms with E-state index in [9.17, 15) is 4.79 Å². The van der Waals surface area contributed by atoms with Gasteiger partial charge in [0.2, 0.25) is 5.91 Å². The van der Waals surface area contributed by atoms with E-state index in [1.54, 1.807) is 0 Å². The molecule has 2 unspecified atom stereocenters. The third-order valence-electron chi connectivity index (χ3n) is 6.36. The lowest BCUT2D eigenvalue weighted by Crippen LogP contribution is -2.39. The standard InChI is InChI=1S/C26H27N3O/c1-18-12-13-19(2)21(14-18)16-29-26(30)23-17-28(15-20-8-4-3-5-9-20)24-11-7-6-10-22(24)25(23)27-29/h3-14,23,25,27H,15-17H2,1-2H3. The monoisotopic (exact) mass is 397 g/mol. The molecule has 2 atom stereocenters. The van der Waals surface area contributed by atoms with Gasteiger partial charge in [-0.25, -0.2) is 5.43 Å². The summed E-state index contributed by atoms with van der Waals surface area (Å²) >= 11 is 0. The van der Waals surface area contributed by atoms with Gasteiger partial charge in [0, 0.05) is 18.8 Å². The Morgan fingerprint density at radius 3 is 2.53 bits per heavy atom. The Labute approximate surface area is 178 Å². The van der Waals surface area contributed by atoms with Crippen molar-refractivity contribution in [1.29, 1.82) is 0 Å². The van der Waals surface area contributed by atoms with Crippen LogP contribution in [0.5, 0.6) is 0 Å². The highest BCUT2D eigenvalue weighted by Crippen LogP contribution is 2.41. The SMILES string of the molecule is Cc1ccc(C)c(CN2NC3c4ccccc4N(Cc4ccccc4)CC3C2=O)c1. The first-order valence-corrected chi connectivity index (χ1v) is 10.6. The number of fused-ring (bicyclic) bond motifs is 3. The summed E-state index contributed by atoms with van der Waals surface area (Å²) in [5.74, 6) is 0.113. The van der Waals surface area contributed by atoms with Crippen LogP contribution in [-0.4, -0.2) is 17.5 Å². The quantitative estimate of drug-likeness (QED) is 0.703. The maximum Gasteiger partial charge on any atom is 0.243 e. The van der Waals surface area contributed by atoms with E-state index in [4.69, 9.17) is 0 Å². The first-order valence-electron chi connectivity index (χ1n) is 10.6. The van der Waals surface area contributed by atoms with Gasteiger partial charge in [-0.05, 0) is 42.2 Å². The number of hydrogen-bond donors (Lipinski definition) is 1. The Balaban J connectivity index is 1.43. The molecule has 0 radical (unpaired) electrons. The number of carbonyl (C=O) groups is 1. The van der Waals surface area contributed by atoms with Crippen LogP contribution in [0.25, 0.3) is 0 Å². The van der Waals surface area contributed by atoms with Crippen LogP contribution < -0.4 is 10.3 Å². The molecule has 3 aromatic carbocycles. The first kappa shape index (κ1) is 18.9. The topological polar surface area (TPSA) is 35.6 Å². The van der Waals surface area contributed by atoms with Gasteiger partial charge < -0.3 is 4.90 Å². The van der Waals surface area contributed by atoms with Gasteiger partial charge >= 0.3 is 0 Å². The summed E-state index contributed by atoms with van der Waals surface area (Å²) < 4.78 is 0. The molecule has 30 heavy (non-hydrogen) atoms. The minimum Gasteiger partial charge on any atom is -0.366 e. The summed E-state index contributed by atoms with van der Waals surface area (Å²) in [5.41, 5.74) is 10.9. The lowest BCUT2D eigenvalue weighted by molar-refractivity contribution is -0.132. The average Bonchev–Trinajstić information content (AvgIpc) is 3.07. The molecule has 4 nitrogen and oxygen atoms in total. The molecule has 2 heterocycles. The second-order valence-electron chi connectivity index (χ2n) is 8.49. The number of nitrogens with one attached hydrogen (secondary N) is 1. The Bertz CT molecular complexity index is 1080. The van der Waals surface area contributed by atoms with E-state index in [1.165, 1.54) is 33.5 Å². The van der Waals surface area contributed by atoms with E-state index in [-0.39, 0.29) is 17.9 Å². The first-order chi connectivity index (χ1) is 14.6. The zero-order valence-corrected chi connectivity index (χ0v) is 17.5. The fraction of sp³-hybridized carbons (Fsp3) is 0.269. The maximum absolute atomic E-state index is 13.4. The summed E-state index contributed by atoms with van der Waals surface area (Å²) in [6, 6.07) is 25.4. The van der Waals surface area contributed by atoms with Crippen LogP contribution in [0.3, 0.4) is 0 Å². The van der Waals surface area contributed by atoms with Crippen LogP contribution in [0.4, 0.5) is 5.69 Å². The summed E-state index contributed by atoms with van der Waals surface area (Å²) in [7, 11) is 0. The van der Waals surface area contributed by atoms with Gasteiger partial charge in [0.15, 0.2) is 0 Å². The maximum atomic E-state index is 13.4. The van der Waals surface area contributed by atoms with Crippen LogP contribution in [0, 0.1) is 19.8 Å². The molecule has 0 bridgehead atoms. The molecule has 0 saturated carbocycles. The molecule has 1 saturated heterocycles. The largest absolute Gasteiger partial charge is 0.366 e. The number of benzene rings is 3. The van der Waals surface area contributed by atoms with Crippen LogP contribution in [0.15, 0.2) is 72.8 Å². The number of aryl methyl sites for hydroxylation is 2. The molecule has 5 rings (SSSR count). The third kappa shape index (κ3) is 3.37. The zero-order chi connectivity index (χ0) is 20.7. The number of carbonyl (C=O) groups excluding carboxylic acids is 1.